The SMILES string of the molecule is O=C(Nc1nccs1)c1cccc2[nH]c(-c3c(F)cccc3F)nc12. The monoisotopic (exact) mass is 356 g/mol. The molecule has 8 heteroatoms. The van der Waals surface area contributed by atoms with Gasteiger partial charge in [-0.25, -0.2) is 18.7 Å². The predicted octanol–water partition coefficient (Wildman–Crippen LogP) is 4.22. The number of H-pyrrole nitrogens is 1. The molecule has 124 valence electrons. The molecule has 2 aromatic carbocycles. The quantitative estimate of drug-likeness (QED) is 0.577. The van der Waals surface area contributed by atoms with E-state index < -0.39 is 17.5 Å². The number of rotatable bonds is 3. The van der Waals surface area contributed by atoms with Crippen LogP contribution in [-0.2, 0) is 0 Å². The lowest BCUT2D eigenvalue weighted by atomic mass is 10.1. The summed E-state index contributed by atoms with van der Waals surface area (Å²) in [6, 6.07) is 8.53. The normalized spacial score (nSPS) is 11.0. The second-order valence-corrected chi connectivity index (χ2v) is 6.07. The number of hydrogen-bond donors (Lipinski definition) is 2. The molecule has 1 amide bonds. The Hall–Kier alpha value is -3.13. The van der Waals surface area contributed by atoms with Crippen LogP contribution >= 0.6 is 11.3 Å². The van der Waals surface area contributed by atoms with Crippen molar-refractivity contribution in [2.24, 2.45) is 0 Å². The van der Waals surface area contributed by atoms with E-state index in [4.69, 9.17) is 0 Å². The summed E-state index contributed by atoms with van der Waals surface area (Å²) in [6.45, 7) is 0. The number of para-hydroxylation sites is 1. The topological polar surface area (TPSA) is 70.7 Å². The fraction of sp³-hybridized carbons (Fsp3) is 0. The third kappa shape index (κ3) is 2.76. The van der Waals surface area contributed by atoms with Crippen molar-refractivity contribution in [1.29, 1.82) is 0 Å². The van der Waals surface area contributed by atoms with Gasteiger partial charge in [0.2, 0.25) is 0 Å². The van der Waals surface area contributed by atoms with Gasteiger partial charge in [0.25, 0.3) is 5.91 Å². The zero-order valence-electron chi connectivity index (χ0n) is 12.6. The highest BCUT2D eigenvalue weighted by atomic mass is 32.1. The Balaban J connectivity index is 1.80. The van der Waals surface area contributed by atoms with Crippen molar-refractivity contribution in [3.05, 3.63) is 65.2 Å². The van der Waals surface area contributed by atoms with Crippen molar-refractivity contribution in [2.75, 3.05) is 5.32 Å². The molecule has 0 saturated heterocycles. The van der Waals surface area contributed by atoms with Crippen LogP contribution in [0.1, 0.15) is 10.4 Å². The van der Waals surface area contributed by atoms with Gasteiger partial charge in [-0.1, -0.05) is 12.1 Å². The van der Waals surface area contributed by atoms with Crippen LogP contribution in [0.5, 0.6) is 0 Å². The van der Waals surface area contributed by atoms with Crippen LogP contribution in [0, 0.1) is 11.6 Å². The number of imidazole rings is 1. The van der Waals surface area contributed by atoms with Crippen LogP contribution in [0.2, 0.25) is 0 Å². The van der Waals surface area contributed by atoms with Crippen LogP contribution < -0.4 is 5.32 Å². The van der Waals surface area contributed by atoms with Crippen LogP contribution in [0.3, 0.4) is 0 Å². The molecule has 0 unspecified atom stereocenters. The molecule has 0 spiro atoms. The highest BCUT2D eigenvalue weighted by molar-refractivity contribution is 7.13. The van der Waals surface area contributed by atoms with E-state index in [0.717, 1.165) is 12.1 Å². The van der Waals surface area contributed by atoms with Gasteiger partial charge in [0.15, 0.2) is 5.13 Å². The van der Waals surface area contributed by atoms with Gasteiger partial charge in [-0.15, -0.1) is 11.3 Å². The maximum Gasteiger partial charge on any atom is 0.259 e. The number of carbonyl (C=O) groups is 1. The lowest BCUT2D eigenvalue weighted by molar-refractivity contribution is 0.102. The standard InChI is InChI=1S/C17H10F2N4OS/c18-10-4-2-5-11(19)13(10)15-21-12-6-1-3-9(14(12)22-15)16(24)23-17-20-7-8-25-17/h1-8H,(H,21,22)(H,20,23,24). The highest BCUT2D eigenvalue weighted by Crippen LogP contribution is 2.27. The number of hydrogen-bond acceptors (Lipinski definition) is 4. The summed E-state index contributed by atoms with van der Waals surface area (Å²) in [5, 5.41) is 4.86. The maximum atomic E-state index is 14.0. The molecule has 0 bridgehead atoms. The lowest BCUT2D eigenvalue weighted by Crippen LogP contribution is -2.12. The van der Waals surface area contributed by atoms with Crippen LogP contribution in [0.25, 0.3) is 22.4 Å². The number of halogens is 2. The average molecular weight is 356 g/mol. The Morgan fingerprint density at radius 1 is 1.12 bits per heavy atom. The van der Waals surface area contributed by atoms with Crippen LogP contribution in [-0.4, -0.2) is 20.9 Å². The minimum Gasteiger partial charge on any atom is -0.338 e. The molecule has 4 rings (SSSR count). The smallest absolute Gasteiger partial charge is 0.259 e. The summed E-state index contributed by atoms with van der Waals surface area (Å²) in [5.74, 6) is -1.83. The zero-order chi connectivity index (χ0) is 17.4. The Kier molecular flexibility index (Phi) is 3.73. The molecule has 2 aromatic heterocycles. The molecule has 2 N–H and O–H groups in total. The van der Waals surface area contributed by atoms with Gasteiger partial charge in [-0.3, -0.25) is 10.1 Å². The van der Waals surface area contributed by atoms with Gasteiger partial charge in [0, 0.05) is 11.6 Å². The van der Waals surface area contributed by atoms with Crippen LogP contribution in [0.15, 0.2) is 48.0 Å². The van der Waals surface area contributed by atoms with Gasteiger partial charge in [-0.2, -0.15) is 0 Å². The number of nitrogens with zero attached hydrogens (tertiary/aromatic N) is 2. The van der Waals surface area contributed by atoms with Crippen molar-refractivity contribution in [3.8, 4) is 11.4 Å². The van der Waals surface area contributed by atoms with Gasteiger partial charge in [0.1, 0.15) is 23.0 Å². The van der Waals surface area contributed by atoms with E-state index in [1.54, 1.807) is 29.8 Å². The van der Waals surface area contributed by atoms with E-state index in [0.29, 0.717) is 16.2 Å². The van der Waals surface area contributed by atoms with Crippen LogP contribution in [0.4, 0.5) is 13.9 Å². The number of fused-ring (bicyclic) bond motifs is 1. The van der Waals surface area contributed by atoms with E-state index in [1.807, 2.05) is 0 Å². The Bertz CT molecular complexity index is 1060. The number of nitrogens with one attached hydrogen (secondary N) is 2. The molecule has 2 heterocycles. The van der Waals surface area contributed by atoms with E-state index in [9.17, 15) is 13.6 Å². The molecule has 0 atom stereocenters. The zero-order valence-corrected chi connectivity index (χ0v) is 13.4. The van der Waals surface area contributed by atoms with Gasteiger partial charge < -0.3 is 4.98 Å². The summed E-state index contributed by atoms with van der Waals surface area (Å²) in [4.78, 5) is 23.6. The third-order valence-corrected chi connectivity index (χ3v) is 4.30. The number of aromatic amines is 1. The highest BCUT2D eigenvalue weighted by Gasteiger charge is 2.18. The number of carbonyl (C=O) groups excluding carboxylic acids is 1. The van der Waals surface area contributed by atoms with Crippen molar-refractivity contribution >= 4 is 33.4 Å². The second kappa shape index (κ2) is 6.06. The molecule has 0 saturated carbocycles. The summed E-state index contributed by atoms with van der Waals surface area (Å²) < 4.78 is 28.0. The molecule has 0 aliphatic carbocycles. The summed E-state index contributed by atoms with van der Waals surface area (Å²) in [7, 11) is 0. The Morgan fingerprint density at radius 3 is 2.60 bits per heavy atom. The summed E-state index contributed by atoms with van der Waals surface area (Å²) in [5.41, 5.74) is 0.857. The minimum atomic E-state index is -0.729. The first-order chi connectivity index (χ1) is 12.1. The second-order valence-electron chi connectivity index (χ2n) is 5.18. The van der Waals surface area contributed by atoms with E-state index in [2.05, 4.69) is 20.3 Å². The number of thiazole rings is 1. The van der Waals surface area contributed by atoms with Crippen molar-refractivity contribution in [3.63, 3.8) is 0 Å². The largest absolute Gasteiger partial charge is 0.338 e. The van der Waals surface area contributed by atoms with Crippen molar-refractivity contribution in [2.45, 2.75) is 0 Å². The molecular formula is C17H10F2N4OS. The molecule has 0 radical (unpaired) electrons. The van der Waals surface area contributed by atoms with E-state index in [1.165, 1.54) is 17.4 Å². The Labute approximate surface area is 144 Å². The third-order valence-electron chi connectivity index (χ3n) is 3.61. The molecule has 4 aromatic rings. The van der Waals surface area contributed by atoms with Gasteiger partial charge in [0.05, 0.1) is 16.6 Å². The minimum absolute atomic E-state index is 0.0279. The fourth-order valence-corrected chi connectivity index (χ4v) is 3.03. The molecule has 0 aliphatic heterocycles. The first-order valence-electron chi connectivity index (χ1n) is 7.27. The Morgan fingerprint density at radius 2 is 1.88 bits per heavy atom. The van der Waals surface area contributed by atoms with Crippen molar-refractivity contribution in [1.82, 2.24) is 15.0 Å². The molecule has 25 heavy (non-hydrogen) atoms. The van der Waals surface area contributed by atoms with E-state index >= 15 is 0 Å². The van der Waals surface area contributed by atoms with Gasteiger partial charge >= 0.3 is 0 Å². The first-order valence-corrected chi connectivity index (χ1v) is 8.15. The first kappa shape index (κ1) is 15.4. The number of benzene rings is 2. The number of anilines is 1. The maximum absolute atomic E-state index is 14.0. The molecule has 5 nitrogen and oxygen atoms in total. The predicted molar refractivity (Wildman–Crippen MR) is 91.5 cm³/mol. The number of aromatic nitrogens is 3. The molecule has 0 aliphatic rings. The number of amides is 1. The lowest BCUT2D eigenvalue weighted by Gasteiger charge is -2.02. The fourth-order valence-electron chi connectivity index (χ4n) is 2.51. The molecule has 0 fully saturated rings. The van der Waals surface area contributed by atoms with E-state index in [-0.39, 0.29) is 17.0 Å². The summed E-state index contributed by atoms with van der Waals surface area (Å²) >= 11 is 1.29. The van der Waals surface area contributed by atoms with Gasteiger partial charge in [-0.05, 0) is 24.3 Å². The molecular weight excluding hydrogens is 346 g/mol. The summed E-state index contributed by atoms with van der Waals surface area (Å²) in [6.07, 6.45) is 1.58. The average Bonchev–Trinajstić information content (AvgIpc) is 3.23. The van der Waals surface area contributed by atoms with Crippen molar-refractivity contribution < 1.29 is 13.6 Å².